The van der Waals surface area contributed by atoms with E-state index < -0.39 is 0 Å². The van der Waals surface area contributed by atoms with Crippen molar-refractivity contribution in [1.29, 1.82) is 0 Å². The van der Waals surface area contributed by atoms with Gasteiger partial charge in [-0.2, -0.15) is 0 Å². The molecule has 2 aromatic rings. The van der Waals surface area contributed by atoms with E-state index >= 15 is 0 Å². The molecule has 0 aliphatic rings. The summed E-state index contributed by atoms with van der Waals surface area (Å²) in [5.74, 6) is 0.251. The maximum Gasteiger partial charge on any atom is 0.244 e. The van der Waals surface area contributed by atoms with Crippen LogP contribution < -0.4 is 10.2 Å². The summed E-state index contributed by atoms with van der Waals surface area (Å²) in [5, 5.41) is 7.10. The summed E-state index contributed by atoms with van der Waals surface area (Å²) in [6, 6.07) is 6.75. The predicted octanol–water partition coefficient (Wildman–Crippen LogP) is 2.94. The van der Waals surface area contributed by atoms with E-state index in [1.54, 1.807) is 31.2 Å². The van der Waals surface area contributed by atoms with Crippen molar-refractivity contribution in [3.63, 3.8) is 0 Å². The first-order valence-electron chi connectivity index (χ1n) is 6.64. The first-order valence-corrected chi connectivity index (χ1v) is 7.02. The highest BCUT2D eigenvalue weighted by atomic mass is 35.5. The minimum Gasteiger partial charge on any atom is -0.360 e. The number of aryl methyl sites for hydroxylation is 2. The lowest BCUT2D eigenvalue weighted by Gasteiger charge is -2.17. The SMILES string of the molecule is CC(=O)N(CC(=O)Nc1ccc(Cl)cc1C)c1cc(C)on1. The number of amides is 2. The van der Waals surface area contributed by atoms with Crippen LogP contribution in [0.5, 0.6) is 0 Å². The van der Waals surface area contributed by atoms with Crippen molar-refractivity contribution in [1.82, 2.24) is 5.16 Å². The van der Waals surface area contributed by atoms with Crippen molar-refractivity contribution in [2.45, 2.75) is 20.8 Å². The Morgan fingerprint density at radius 1 is 1.32 bits per heavy atom. The van der Waals surface area contributed by atoms with Gasteiger partial charge in [0, 0.05) is 23.7 Å². The van der Waals surface area contributed by atoms with Crippen molar-refractivity contribution >= 4 is 34.9 Å². The van der Waals surface area contributed by atoms with Gasteiger partial charge in [0.2, 0.25) is 11.8 Å². The Kier molecular flexibility index (Phi) is 4.82. The summed E-state index contributed by atoms with van der Waals surface area (Å²) in [6.07, 6.45) is 0. The standard InChI is InChI=1S/C15H16ClN3O3/c1-9-6-12(16)4-5-13(9)17-15(21)8-19(11(3)20)14-7-10(2)22-18-14/h4-7H,8H2,1-3H3,(H,17,21). The molecule has 1 heterocycles. The summed E-state index contributed by atoms with van der Waals surface area (Å²) in [7, 11) is 0. The zero-order valence-corrected chi connectivity index (χ0v) is 13.3. The normalized spacial score (nSPS) is 10.4. The third-order valence-corrected chi connectivity index (χ3v) is 3.27. The minimum absolute atomic E-state index is 0.149. The molecule has 2 amide bonds. The van der Waals surface area contributed by atoms with E-state index in [2.05, 4.69) is 10.5 Å². The largest absolute Gasteiger partial charge is 0.360 e. The van der Waals surface area contributed by atoms with E-state index in [1.807, 2.05) is 6.92 Å². The number of aromatic nitrogens is 1. The molecule has 1 N–H and O–H groups in total. The smallest absolute Gasteiger partial charge is 0.244 e. The molecule has 7 heteroatoms. The fourth-order valence-corrected chi connectivity index (χ4v) is 2.16. The van der Waals surface area contributed by atoms with Crippen LogP contribution in [0.25, 0.3) is 0 Å². The first-order chi connectivity index (χ1) is 10.4. The Labute approximate surface area is 133 Å². The molecule has 0 aliphatic carbocycles. The molecule has 0 saturated carbocycles. The monoisotopic (exact) mass is 321 g/mol. The minimum atomic E-state index is -0.332. The van der Waals surface area contributed by atoms with Gasteiger partial charge in [-0.05, 0) is 37.6 Å². The maximum atomic E-state index is 12.1. The molecule has 22 heavy (non-hydrogen) atoms. The van der Waals surface area contributed by atoms with Crippen molar-refractivity contribution in [2.75, 3.05) is 16.8 Å². The van der Waals surface area contributed by atoms with E-state index in [1.165, 1.54) is 11.8 Å². The average Bonchev–Trinajstić information content (AvgIpc) is 2.85. The second kappa shape index (κ2) is 6.62. The number of carbonyl (C=O) groups is 2. The molecule has 1 aromatic heterocycles. The molecule has 0 saturated heterocycles. The van der Waals surface area contributed by atoms with Crippen LogP contribution in [0.1, 0.15) is 18.2 Å². The number of halogens is 1. The Bertz CT molecular complexity index is 712. The van der Waals surface area contributed by atoms with E-state index in [4.69, 9.17) is 16.1 Å². The summed E-state index contributed by atoms with van der Waals surface area (Å²) in [6.45, 7) is 4.77. The fraction of sp³-hybridized carbons (Fsp3) is 0.267. The van der Waals surface area contributed by atoms with Gasteiger partial charge in [-0.25, -0.2) is 0 Å². The molecule has 0 aliphatic heterocycles. The third kappa shape index (κ3) is 3.85. The molecular weight excluding hydrogens is 306 g/mol. The second-order valence-electron chi connectivity index (χ2n) is 4.91. The van der Waals surface area contributed by atoms with Crippen molar-refractivity contribution < 1.29 is 14.1 Å². The van der Waals surface area contributed by atoms with E-state index in [-0.39, 0.29) is 18.4 Å². The fourth-order valence-electron chi connectivity index (χ4n) is 1.93. The van der Waals surface area contributed by atoms with Crippen LogP contribution in [0.15, 0.2) is 28.8 Å². The van der Waals surface area contributed by atoms with Crippen molar-refractivity contribution in [3.8, 4) is 0 Å². The lowest BCUT2D eigenvalue weighted by molar-refractivity contribution is -0.120. The van der Waals surface area contributed by atoms with Crippen LogP contribution in [0.2, 0.25) is 5.02 Å². The number of hydrogen-bond donors (Lipinski definition) is 1. The zero-order chi connectivity index (χ0) is 16.3. The van der Waals surface area contributed by atoms with E-state index in [9.17, 15) is 9.59 Å². The van der Waals surface area contributed by atoms with Crippen LogP contribution >= 0.6 is 11.6 Å². The number of anilines is 2. The van der Waals surface area contributed by atoms with Gasteiger partial charge in [-0.15, -0.1) is 0 Å². The molecule has 0 radical (unpaired) electrons. The highest BCUT2D eigenvalue weighted by Gasteiger charge is 2.19. The van der Waals surface area contributed by atoms with Gasteiger partial charge in [-0.3, -0.25) is 14.5 Å². The average molecular weight is 322 g/mol. The number of nitrogens with zero attached hydrogens (tertiary/aromatic N) is 2. The number of hydrogen-bond acceptors (Lipinski definition) is 4. The number of benzene rings is 1. The molecule has 6 nitrogen and oxygen atoms in total. The van der Waals surface area contributed by atoms with Crippen LogP contribution in [0, 0.1) is 13.8 Å². The van der Waals surface area contributed by atoms with Crippen LogP contribution in [0.3, 0.4) is 0 Å². The Balaban J connectivity index is 2.10. The predicted molar refractivity (Wildman–Crippen MR) is 84.1 cm³/mol. The molecule has 1 aromatic carbocycles. The topological polar surface area (TPSA) is 75.4 Å². The maximum absolute atomic E-state index is 12.1. The quantitative estimate of drug-likeness (QED) is 0.939. The second-order valence-corrected chi connectivity index (χ2v) is 5.34. The zero-order valence-electron chi connectivity index (χ0n) is 12.5. The molecule has 0 unspecified atom stereocenters. The molecule has 0 atom stereocenters. The highest BCUT2D eigenvalue weighted by molar-refractivity contribution is 6.30. The summed E-state index contributed by atoms with van der Waals surface area (Å²) < 4.78 is 4.94. The highest BCUT2D eigenvalue weighted by Crippen LogP contribution is 2.20. The van der Waals surface area contributed by atoms with E-state index in [0.717, 1.165) is 5.56 Å². The Morgan fingerprint density at radius 2 is 2.05 bits per heavy atom. The first kappa shape index (κ1) is 16.0. The van der Waals surface area contributed by atoms with Gasteiger partial charge in [0.1, 0.15) is 12.3 Å². The van der Waals surface area contributed by atoms with Gasteiger partial charge in [0.25, 0.3) is 0 Å². The lowest BCUT2D eigenvalue weighted by Crippen LogP contribution is -2.37. The Morgan fingerprint density at radius 3 is 2.59 bits per heavy atom. The van der Waals surface area contributed by atoms with Crippen LogP contribution in [-0.2, 0) is 9.59 Å². The molecule has 116 valence electrons. The molecular formula is C15H16ClN3O3. The molecule has 0 fully saturated rings. The third-order valence-electron chi connectivity index (χ3n) is 3.04. The summed E-state index contributed by atoms with van der Waals surface area (Å²) >= 11 is 5.88. The molecule has 2 rings (SSSR count). The van der Waals surface area contributed by atoms with Gasteiger partial charge >= 0.3 is 0 Å². The van der Waals surface area contributed by atoms with Crippen molar-refractivity contribution in [3.05, 3.63) is 40.6 Å². The van der Waals surface area contributed by atoms with Crippen LogP contribution in [0.4, 0.5) is 11.5 Å². The van der Waals surface area contributed by atoms with E-state index in [0.29, 0.717) is 22.3 Å². The summed E-state index contributed by atoms with van der Waals surface area (Å²) in [5.41, 5.74) is 1.49. The summed E-state index contributed by atoms with van der Waals surface area (Å²) in [4.78, 5) is 25.1. The van der Waals surface area contributed by atoms with Gasteiger partial charge in [-0.1, -0.05) is 16.8 Å². The lowest BCUT2D eigenvalue weighted by atomic mass is 10.2. The van der Waals surface area contributed by atoms with Crippen LogP contribution in [-0.4, -0.2) is 23.5 Å². The number of nitrogens with one attached hydrogen (secondary N) is 1. The van der Waals surface area contributed by atoms with Gasteiger partial charge < -0.3 is 9.84 Å². The Hall–Kier alpha value is -2.34. The molecule has 0 spiro atoms. The number of rotatable bonds is 4. The number of carbonyl (C=O) groups excluding carboxylic acids is 2. The van der Waals surface area contributed by atoms with Gasteiger partial charge in [0.05, 0.1) is 0 Å². The van der Waals surface area contributed by atoms with Crippen molar-refractivity contribution in [2.24, 2.45) is 0 Å². The molecule has 0 bridgehead atoms. The van der Waals surface area contributed by atoms with Gasteiger partial charge in [0.15, 0.2) is 5.82 Å².